The van der Waals surface area contributed by atoms with Crippen molar-refractivity contribution in [3.63, 3.8) is 0 Å². The smallest absolute Gasteiger partial charge is 0.173 e. The van der Waals surface area contributed by atoms with E-state index in [9.17, 15) is 0 Å². The first-order valence-electron chi connectivity index (χ1n) is 5.18. The molecule has 0 saturated carbocycles. The van der Waals surface area contributed by atoms with Crippen LogP contribution >= 0.6 is 34.5 Å². The van der Waals surface area contributed by atoms with Crippen molar-refractivity contribution in [1.29, 1.82) is 0 Å². The predicted molar refractivity (Wildman–Crippen MR) is 75.4 cm³/mol. The van der Waals surface area contributed by atoms with E-state index in [2.05, 4.69) is 15.0 Å². The number of benzene rings is 1. The number of nitrogens with zero attached hydrogens (tertiary/aromatic N) is 3. The molecule has 0 unspecified atom stereocenters. The van der Waals surface area contributed by atoms with Crippen LogP contribution in [0.25, 0.3) is 21.6 Å². The quantitative estimate of drug-likeness (QED) is 0.626. The van der Waals surface area contributed by atoms with Crippen LogP contribution < -0.4 is 0 Å². The van der Waals surface area contributed by atoms with Crippen LogP contribution in [-0.4, -0.2) is 15.0 Å². The standard InChI is InChI=1S/C12H7Cl2N3S/c1-6-2-3-7(13)9-10(6)16-12(17-11(9)14)8-4-15-5-18-8/h2-5H,1H3. The van der Waals surface area contributed by atoms with E-state index in [1.807, 2.05) is 13.0 Å². The van der Waals surface area contributed by atoms with Gasteiger partial charge in [0.1, 0.15) is 5.15 Å². The maximum absolute atomic E-state index is 6.21. The molecule has 3 aromatic rings. The van der Waals surface area contributed by atoms with Gasteiger partial charge in [0, 0.05) is 6.20 Å². The van der Waals surface area contributed by atoms with Gasteiger partial charge in [-0.1, -0.05) is 29.3 Å². The lowest BCUT2D eigenvalue weighted by Gasteiger charge is -2.06. The zero-order valence-electron chi connectivity index (χ0n) is 9.32. The minimum absolute atomic E-state index is 0.372. The van der Waals surface area contributed by atoms with Gasteiger partial charge in [0.15, 0.2) is 5.82 Å². The first kappa shape index (κ1) is 11.8. The predicted octanol–water partition coefficient (Wildman–Crippen LogP) is 4.37. The van der Waals surface area contributed by atoms with Gasteiger partial charge in [-0.15, -0.1) is 11.3 Å². The molecule has 2 aromatic heterocycles. The Labute approximate surface area is 117 Å². The van der Waals surface area contributed by atoms with Gasteiger partial charge in [0.05, 0.1) is 26.3 Å². The van der Waals surface area contributed by atoms with Gasteiger partial charge in [-0.05, 0) is 18.6 Å². The molecule has 18 heavy (non-hydrogen) atoms. The first-order chi connectivity index (χ1) is 8.66. The van der Waals surface area contributed by atoms with Gasteiger partial charge in [-0.2, -0.15) is 0 Å². The summed E-state index contributed by atoms with van der Waals surface area (Å²) in [7, 11) is 0. The zero-order valence-corrected chi connectivity index (χ0v) is 11.6. The van der Waals surface area contributed by atoms with Crippen molar-refractivity contribution in [2.75, 3.05) is 0 Å². The Morgan fingerprint density at radius 3 is 2.72 bits per heavy atom. The van der Waals surface area contributed by atoms with Crippen LogP contribution in [0.4, 0.5) is 0 Å². The molecular formula is C12H7Cl2N3S. The van der Waals surface area contributed by atoms with E-state index in [-0.39, 0.29) is 0 Å². The second kappa shape index (κ2) is 4.46. The maximum Gasteiger partial charge on any atom is 0.173 e. The summed E-state index contributed by atoms with van der Waals surface area (Å²) in [5, 5.41) is 1.64. The second-order valence-electron chi connectivity index (χ2n) is 3.79. The van der Waals surface area contributed by atoms with E-state index in [0.29, 0.717) is 21.4 Å². The number of halogens is 2. The zero-order chi connectivity index (χ0) is 12.7. The third kappa shape index (κ3) is 1.86. The summed E-state index contributed by atoms with van der Waals surface area (Å²) in [6.45, 7) is 1.97. The molecule has 0 radical (unpaired) electrons. The van der Waals surface area contributed by atoms with Crippen molar-refractivity contribution in [2.24, 2.45) is 0 Å². The van der Waals surface area contributed by atoms with Crippen molar-refractivity contribution in [3.05, 3.63) is 39.6 Å². The molecule has 0 aliphatic carbocycles. The number of aromatic nitrogens is 3. The summed E-state index contributed by atoms with van der Waals surface area (Å²) < 4.78 is 0. The van der Waals surface area contributed by atoms with Crippen LogP contribution in [0.3, 0.4) is 0 Å². The molecule has 0 amide bonds. The lowest BCUT2D eigenvalue weighted by atomic mass is 10.1. The molecule has 0 saturated heterocycles. The van der Waals surface area contributed by atoms with Crippen LogP contribution in [-0.2, 0) is 0 Å². The number of rotatable bonds is 1. The Kier molecular flexibility index (Phi) is 2.93. The molecular weight excluding hydrogens is 289 g/mol. The molecule has 3 nitrogen and oxygen atoms in total. The second-order valence-corrected chi connectivity index (χ2v) is 5.44. The van der Waals surface area contributed by atoms with E-state index < -0.39 is 0 Å². The van der Waals surface area contributed by atoms with Crippen molar-refractivity contribution in [2.45, 2.75) is 6.92 Å². The monoisotopic (exact) mass is 295 g/mol. The highest BCUT2D eigenvalue weighted by atomic mass is 35.5. The summed E-state index contributed by atoms with van der Waals surface area (Å²) >= 11 is 13.8. The van der Waals surface area contributed by atoms with Gasteiger partial charge in [-0.25, -0.2) is 9.97 Å². The number of thiazole rings is 1. The SMILES string of the molecule is Cc1ccc(Cl)c2c(Cl)nc(-c3cncs3)nc12. The fraction of sp³-hybridized carbons (Fsp3) is 0.0833. The Morgan fingerprint density at radius 1 is 1.17 bits per heavy atom. The molecule has 0 atom stereocenters. The van der Waals surface area contributed by atoms with Crippen LogP contribution in [0.1, 0.15) is 5.56 Å². The molecule has 0 spiro atoms. The number of aryl methyl sites for hydroxylation is 1. The summed E-state index contributed by atoms with van der Waals surface area (Å²) in [6.07, 6.45) is 1.72. The topological polar surface area (TPSA) is 38.7 Å². The van der Waals surface area contributed by atoms with Crippen LogP contribution in [0.5, 0.6) is 0 Å². The van der Waals surface area contributed by atoms with Crippen molar-refractivity contribution < 1.29 is 0 Å². The Morgan fingerprint density at radius 2 is 2.00 bits per heavy atom. The molecule has 0 fully saturated rings. The van der Waals surface area contributed by atoms with Gasteiger partial charge in [0.25, 0.3) is 0 Å². The summed E-state index contributed by atoms with van der Waals surface area (Å²) in [5.41, 5.74) is 3.54. The molecule has 2 heterocycles. The number of hydrogen-bond acceptors (Lipinski definition) is 4. The fourth-order valence-electron chi connectivity index (χ4n) is 1.73. The Bertz CT molecular complexity index is 726. The highest BCUT2D eigenvalue weighted by Gasteiger charge is 2.13. The van der Waals surface area contributed by atoms with Crippen LogP contribution in [0.2, 0.25) is 10.2 Å². The molecule has 6 heteroatoms. The van der Waals surface area contributed by atoms with Crippen LogP contribution in [0.15, 0.2) is 23.8 Å². The summed E-state index contributed by atoms with van der Waals surface area (Å²) in [5.74, 6) is 0.584. The van der Waals surface area contributed by atoms with Crippen LogP contribution in [0, 0.1) is 6.92 Å². The molecule has 0 N–H and O–H groups in total. The Balaban J connectivity index is 2.37. The van der Waals surface area contributed by atoms with Crippen molar-refractivity contribution >= 4 is 45.4 Å². The minimum Gasteiger partial charge on any atom is -0.252 e. The van der Waals surface area contributed by atoms with Crippen molar-refractivity contribution in [3.8, 4) is 10.7 Å². The maximum atomic E-state index is 6.21. The average Bonchev–Trinajstić information content (AvgIpc) is 2.87. The third-order valence-electron chi connectivity index (χ3n) is 2.61. The largest absolute Gasteiger partial charge is 0.252 e. The Hall–Kier alpha value is -1.23. The normalized spacial score (nSPS) is 11.1. The third-order valence-corrected chi connectivity index (χ3v) is 3.97. The van der Waals surface area contributed by atoms with E-state index in [0.717, 1.165) is 16.0 Å². The number of hydrogen-bond donors (Lipinski definition) is 0. The molecule has 0 aliphatic rings. The molecule has 0 aliphatic heterocycles. The molecule has 90 valence electrons. The summed E-state index contributed by atoms with van der Waals surface area (Å²) in [6, 6.07) is 3.73. The van der Waals surface area contributed by atoms with Gasteiger partial charge in [-0.3, -0.25) is 4.98 Å². The van der Waals surface area contributed by atoms with E-state index >= 15 is 0 Å². The van der Waals surface area contributed by atoms with Gasteiger partial charge < -0.3 is 0 Å². The van der Waals surface area contributed by atoms with Crippen molar-refractivity contribution in [1.82, 2.24) is 15.0 Å². The lowest BCUT2D eigenvalue weighted by molar-refractivity contribution is 1.22. The molecule has 3 rings (SSSR count). The van der Waals surface area contributed by atoms with E-state index in [1.54, 1.807) is 17.8 Å². The van der Waals surface area contributed by atoms with Gasteiger partial charge >= 0.3 is 0 Å². The average molecular weight is 296 g/mol. The summed E-state index contributed by atoms with van der Waals surface area (Å²) in [4.78, 5) is 13.7. The lowest BCUT2D eigenvalue weighted by Crippen LogP contribution is -1.93. The molecule has 1 aromatic carbocycles. The fourth-order valence-corrected chi connectivity index (χ4v) is 2.84. The van der Waals surface area contributed by atoms with Gasteiger partial charge in [0.2, 0.25) is 0 Å². The van der Waals surface area contributed by atoms with E-state index in [1.165, 1.54) is 11.3 Å². The first-order valence-corrected chi connectivity index (χ1v) is 6.81. The van der Waals surface area contributed by atoms with E-state index in [4.69, 9.17) is 23.2 Å². The highest BCUT2D eigenvalue weighted by Crippen LogP contribution is 2.32. The number of fused-ring (bicyclic) bond motifs is 1. The highest BCUT2D eigenvalue weighted by molar-refractivity contribution is 7.13. The molecule has 0 bridgehead atoms. The minimum atomic E-state index is 0.372.